The first-order chi connectivity index (χ1) is 16.9. The van der Waals surface area contributed by atoms with Crippen molar-refractivity contribution in [1.29, 1.82) is 0 Å². The molecule has 35 heavy (non-hydrogen) atoms. The number of benzene rings is 2. The molecule has 2 aromatic carbocycles. The van der Waals surface area contributed by atoms with Crippen molar-refractivity contribution in [3.8, 4) is 11.5 Å². The van der Waals surface area contributed by atoms with Crippen molar-refractivity contribution in [3.05, 3.63) is 88.1 Å². The average molecular weight is 499 g/mol. The van der Waals surface area contributed by atoms with E-state index in [-0.39, 0.29) is 41.9 Å². The number of amides is 4. The largest absolute Gasteiger partial charge is 0.490 e. The predicted octanol–water partition coefficient (Wildman–Crippen LogP) is 4.71. The molecule has 0 radical (unpaired) electrons. The number of furan rings is 1. The Balaban J connectivity index is 1.62. The molecule has 0 unspecified atom stereocenters. The topological polar surface area (TPSA) is 98.1 Å². The van der Waals surface area contributed by atoms with E-state index < -0.39 is 23.7 Å². The first-order valence-corrected chi connectivity index (χ1v) is 11.0. The molecule has 0 saturated carbocycles. The van der Waals surface area contributed by atoms with Gasteiger partial charge in [0.05, 0.1) is 24.4 Å². The van der Waals surface area contributed by atoms with Crippen molar-refractivity contribution in [2.24, 2.45) is 0 Å². The summed E-state index contributed by atoms with van der Waals surface area (Å²) in [5.41, 5.74) is 0.431. The van der Waals surface area contributed by atoms with Crippen LogP contribution in [0.5, 0.6) is 11.5 Å². The van der Waals surface area contributed by atoms with Gasteiger partial charge in [-0.1, -0.05) is 29.8 Å². The molecule has 0 bridgehead atoms. The second-order valence-corrected chi connectivity index (χ2v) is 7.84. The smallest absolute Gasteiger partial charge is 0.331 e. The highest BCUT2D eigenvalue weighted by Crippen LogP contribution is 2.38. The van der Waals surface area contributed by atoms with Gasteiger partial charge >= 0.3 is 6.03 Å². The number of barbiturate groups is 1. The van der Waals surface area contributed by atoms with Gasteiger partial charge in [0.15, 0.2) is 11.5 Å². The molecule has 180 valence electrons. The van der Waals surface area contributed by atoms with E-state index in [2.05, 4.69) is 5.32 Å². The van der Waals surface area contributed by atoms with Gasteiger partial charge in [0.1, 0.15) is 23.8 Å². The monoisotopic (exact) mass is 498 g/mol. The van der Waals surface area contributed by atoms with Crippen LogP contribution in [0.4, 0.5) is 9.18 Å². The summed E-state index contributed by atoms with van der Waals surface area (Å²) in [6, 6.07) is 11.6. The Kier molecular flexibility index (Phi) is 7.17. The van der Waals surface area contributed by atoms with E-state index in [1.807, 2.05) is 0 Å². The Labute approximate surface area is 204 Å². The molecule has 10 heteroatoms. The second kappa shape index (κ2) is 10.4. The summed E-state index contributed by atoms with van der Waals surface area (Å²) in [5, 5.41) is 2.28. The van der Waals surface area contributed by atoms with Crippen LogP contribution in [0.2, 0.25) is 5.02 Å². The maximum absolute atomic E-state index is 14.0. The fraction of sp³-hybridized carbons (Fsp3) is 0.160. The molecule has 4 rings (SSSR count). The normalized spacial score (nSPS) is 14.9. The minimum atomic E-state index is -0.849. The van der Waals surface area contributed by atoms with Crippen molar-refractivity contribution in [1.82, 2.24) is 10.2 Å². The molecule has 0 atom stereocenters. The maximum Gasteiger partial charge on any atom is 0.331 e. The van der Waals surface area contributed by atoms with Gasteiger partial charge < -0.3 is 13.9 Å². The third-order valence-corrected chi connectivity index (χ3v) is 5.33. The standard InChI is InChI=1S/C25H20ClFN2O6/c1-2-33-21-12-15(11-19(26)22(21)35-14-16-6-3-4-8-20(16)27)10-18-23(30)28-25(32)29(24(18)31)13-17-7-5-9-34-17/h3-12H,2,13-14H2,1H3,(H,28,30,32). The Bertz CT molecular complexity index is 1310. The number of carbonyl (C=O) groups is 3. The Morgan fingerprint density at radius 1 is 1.11 bits per heavy atom. The van der Waals surface area contributed by atoms with E-state index in [1.165, 1.54) is 30.5 Å². The quantitative estimate of drug-likeness (QED) is 0.357. The fourth-order valence-corrected chi connectivity index (χ4v) is 3.68. The molecule has 1 aliphatic rings. The Morgan fingerprint density at radius 3 is 2.63 bits per heavy atom. The van der Waals surface area contributed by atoms with Crippen molar-refractivity contribution in [2.75, 3.05) is 6.61 Å². The van der Waals surface area contributed by atoms with Crippen LogP contribution in [0.15, 0.2) is 64.8 Å². The third-order valence-electron chi connectivity index (χ3n) is 5.05. The predicted molar refractivity (Wildman–Crippen MR) is 124 cm³/mol. The van der Waals surface area contributed by atoms with Crippen LogP contribution in [-0.4, -0.2) is 29.4 Å². The summed E-state index contributed by atoms with van der Waals surface area (Å²) in [6.45, 7) is 1.81. The number of ether oxygens (including phenoxy) is 2. The SMILES string of the molecule is CCOc1cc(C=C2C(=O)NC(=O)N(Cc3ccco3)C2=O)cc(Cl)c1OCc1ccccc1F. The van der Waals surface area contributed by atoms with Crippen LogP contribution in [-0.2, 0) is 22.7 Å². The van der Waals surface area contributed by atoms with Crippen LogP contribution < -0.4 is 14.8 Å². The van der Waals surface area contributed by atoms with E-state index >= 15 is 0 Å². The summed E-state index contributed by atoms with van der Waals surface area (Å²) in [5.74, 6) is -1.24. The molecule has 1 N–H and O–H groups in total. The number of carbonyl (C=O) groups excluding carboxylic acids is 3. The van der Waals surface area contributed by atoms with E-state index in [4.69, 9.17) is 25.5 Å². The van der Waals surface area contributed by atoms with Gasteiger partial charge in [0.25, 0.3) is 11.8 Å². The van der Waals surface area contributed by atoms with Crippen LogP contribution >= 0.6 is 11.6 Å². The third kappa shape index (κ3) is 5.36. The van der Waals surface area contributed by atoms with Crippen molar-refractivity contribution >= 4 is 35.5 Å². The number of hydrogen-bond acceptors (Lipinski definition) is 6. The van der Waals surface area contributed by atoms with Crippen molar-refractivity contribution < 1.29 is 32.7 Å². The fourth-order valence-electron chi connectivity index (χ4n) is 3.40. The summed E-state index contributed by atoms with van der Waals surface area (Å²) < 4.78 is 30.5. The number of nitrogens with zero attached hydrogens (tertiary/aromatic N) is 1. The molecule has 1 saturated heterocycles. The molecule has 1 fully saturated rings. The van der Waals surface area contributed by atoms with E-state index in [9.17, 15) is 18.8 Å². The van der Waals surface area contributed by atoms with Gasteiger partial charge in [-0.05, 0) is 48.9 Å². The van der Waals surface area contributed by atoms with Gasteiger partial charge in [0, 0.05) is 5.56 Å². The lowest BCUT2D eigenvalue weighted by molar-refractivity contribution is -0.130. The van der Waals surface area contributed by atoms with Crippen molar-refractivity contribution in [3.63, 3.8) is 0 Å². The minimum Gasteiger partial charge on any atom is -0.490 e. The van der Waals surface area contributed by atoms with E-state index in [1.54, 1.807) is 37.3 Å². The number of imide groups is 2. The molecular formula is C25H20ClFN2O6. The Hall–Kier alpha value is -4.11. The van der Waals surface area contributed by atoms with Gasteiger partial charge in [0.2, 0.25) is 0 Å². The molecule has 1 aromatic heterocycles. The highest BCUT2D eigenvalue weighted by atomic mass is 35.5. The average Bonchev–Trinajstić information content (AvgIpc) is 3.33. The number of halogens is 2. The van der Waals surface area contributed by atoms with Crippen LogP contribution in [0.25, 0.3) is 6.08 Å². The summed E-state index contributed by atoms with van der Waals surface area (Å²) in [7, 11) is 0. The van der Waals surface area contributed by atoms with E-state index in [0.29, 0.717) is 16.9 Å². The molecule has 8 nitrogen and oxygen atoms in total. The lowest BCUT2D eigenvalue weighted by Crippen LogP contribution is -2.53. The molecule has 2 heterocycles. The minimum absolute atomic E-state index is 0.0857. The maximum atomic E-state index is 14.0. The van der Waals surface area contributed by atoms with Crippen LogP contribution in [0, 0.1) is 5.82 Å². The Morgan fingerprint density at radius 2 is 1.91 bits per heavy atom. The summed E-state index contributed by atoms with van der Waals surface area (Å²) >= 11 is 6.42. The molecule has 4 amide bonds. The molecule has 1 aliphatic heterocycles. The molecule has 3 aromatic rings. The van der Waals surface area contributed by atoms with Crippen LogP contribution in [0.3, 0.4) is 0 Å². The molecular weight excluding hydrogens is 479 g/mol. The zero-order chi connectivity index (χ0) is 24.9. The number of hydrogen-bond donors (Lipinski definition) is 1. The van der Waals surface area contributed by atoms with Gasteiger partial charge in [-0.3, -0.25) is 19.8 Å². The highest BCUT2D eigenvalue weighted by Gasteiger charge is 2.36. The number of nitrogens with one attached hydrogen (secondary N) is 1. The lowest BCUT2D eigenvalue weighted by Gasteiger charge is -2.25. The number of urea groups is 1. The van der Waals surface area contributed by atoms with E-state index in [0.717, 1.165) is 4.90 Å². The lowest BCUT2D eigenvalue weighted by atomic mass is 10.1. The van der Waals surface area contributed by atoms with Gasteiger partial charge in [-0.15, -0.1) is 0 Å². The number of rotatable bonds is 8. The zero-order valence-electron chi connectivity index (χ0n) is 18.5. The van der Waals surface area contributed by atoms with Crippen LogP contribution in [0.1, 0.15) is 23.8 Å². The van der Waals surface area contributed by atoms with Gasteiger partial charge in [-0.2, -0.15) is 0 Å². The first-order valence-electron chi connectivity index (χ1n) is 10.6. The summed E-state index contributed by atoms with van der Waals surface area (Å²) in [6.07, 6.45) is 2.71. The molecule has 0 aliphatic carbocycles. The molecule has 0 spiro atoms. The van der Waals surface area contributed by atoms with Gasteiger partial charge in [-0.25, -0.2) is 9.18 Å². The summed E-state index contributed by atoms with van der Waals surface area (Å²) in [4.78, 5) is 38.4. The highest BCUT2D eigenvalue weighted by molar-refractivity contribution is 6.33. The second-order valence-electron chi connectivity index (χ2n) is 7.43. The van der Waals surface area contributed by atoms with Crippen molar-refractivity contribution in [2.45, 2.75) is 20.1 Å². The first kappa shape index (κ1) is 24.0. The zero-order valence-corrected chi connectivity index (χ0v) is 19.3.